The van der Waals surface area contributed by atoms with Crippen molar-refractivity contribution >= 4 is 17.5 Å². The minimum atomic E-state index is -0.627. The van der Waals surface area contributed by atoms with Crippen molar-refractivity contribution in [1.29, 1.82) is 0 Å². The topological polar surface area (TPSA) is 38.3 Å². The molecule has 0 heterocycles. The second-order valence-electron chi connectivity index (χ2n) is 6.05. The third-order valence-electron chi connectivity index (χ3n) is 3.71. The normalized spacial score (nSPS) is 12.1. The number of hydrogen-bond acceptors (Lipinski definition) is 2. The van der Waals surface area contributed by atoms with Gasteiger partial charge in [-0.15, -0.1) is 0 Å². The van der Waals surface area contributed by atoms with Crippen molar-refractivity contribution in [3.8, 4) is 5.75 Å². The van der Waals surface area contributed by atoms with Crippen molar-refractivity contribution < 1.29 is 13.9 Å². The zero-order valence-corrected chi connectivity index (χ0v) is 14.7. The number of halogens is 2. The third-order valence-corrected chi connectivity index (χ3v) is 3.94. The maximum atomic E-state index is 14.0. The first-order valence-corrected chi connectivity index (χ1v) is 8.18. The molecule has 0 saturated carbocycles. The van der Waals surface area contributed by atoms with Gasteiger partial charge in [0.05, 0.1) is 18.7 Å². The van der Waals surface area contributed by atoms with Gasteiger partial charge in [-0.05, 0) is 48.2 Å². The lowest BCUT2D eigenvalue weighted by Gasteiger charge is -2.21. The lowest BCUT2D eigenvalue weighted by atomic mass is 9.96. The Morgan fingerprint density at radius 1 is 1.21 bits per heavy atom. The van der Waals surface area contributed by atoms with E-state index in [1.54, 1.807) is 7.11 Å². The highest BCUT2D eigenvalue weighted by Crippen LogP contribution is 2.24. The molecule has 2 aromatic rings. The summed E-state index contributed by atoms with van der Waals surface area (Å²) in [5.41, 5.74) is 0.939. The second kappa shape index (κ2) is 8.15. The van der Waals surface area contributed by atoms with Crippen LogP contribution < -0.4 is 10.1 Å². The summed E-state index contributed by atoms with van der Waals surface area (Å²) in [6.45, 7) is 4.15. The molecule has 0 fully saturated rings. The molecule has 5 heteroatoms. The molecule has 0 radical (unpaired) electrons. The van der Waals surface area contributed by atoms with E-state index in [-0.39, 0.29) is 16.6 Å². The van der Waals surface area contributed by atoms with Gasteiger partial charge in [0.15, 0.2) is 0 Å². The van der Waals surface area contributed by atoms with Crippen LogP contribution in [-0.4, -0.2) is 13.0 Å². The van der Waals surface area contributed by atoms with Crippen LogP contribution in [0.5, 0.6) is 5.75 Å². The predicted molar refractivity (Wildman–Crippen MR) is 94.1 cm³/mol. The van der Waals surface area contributed by atoms with E-state index in [0.29, 0.717) is 5.92 Å². The van der Waals surface area contributed by atoms with E-state index >= 15 is 0 Å². The monoisotopic (exact) mass is 349 g/mol. The molecule has 1 atom stereocenters. The maximum Gasteiger partial charge on any atom is 0.254 e. The van der Waals surface area contributed by atoms with Crippen LogP contribution in [0.4, 0.5) is 4.39 Å². The summed E-state index contributed by atoms with van der Waals surface area (Å²) in [6.07, 6.45) is 0.743. The summed E-state index contributed by atoms with van der Waals surface area (Å²) in [4.78, 5) is 12.4. The summed E-state index contributed by atoms with van der Waals surface area (Å²) in [7, 11) is 1.60. The van der Waals surface area contributed by atoms with E-state index in [9.17, 15) is 9.18 Å². The maximum absolute atomic E-state index is 14.0. The molecule has 0 aliphatic carbocycles. The van der Waals surface area contributed by atoms with Gasteiger partial charge in [-0.25, -0.2) is 4.39 Å². The van der Waals surface area contributed by atoms with E-state index in [1.165, 1.54) is 12.1 Å². The highest BCUT2D eigenvalue weighted by molar-refractivity contribution is 6.30. The van der Waals surface area contributed by atoms with E-state index < -0.39 is 11.7 Å². The molecular formula is C19H21ClFNO2. The Bertz CT molecular complexity index is 701. The van der Waals surface area contributed by atoms with Gasteiger partial charge >= 0.3 is 0 Å². The molecule has 0 aromatic heterocycles. The average molecular weight is 350 g/mol. The predicted octanol–water partition coefficient (Wildman–Crippen LogP) is 5.00. The van der Waals surface area contributed by atoms with Crippen LogP contribution in [0.3, 0.4) is 0 Å². The first-order chi connectivity index (χ1) is 11.4. The zero-order chi connectivity index (χ0) is 17.7. The quantitative estimate of drug-likeness (QED) is 0.796. The number of nitrogens with one attached hydrogen (secondary N) is 1. The summed E-state index contributed by atoms with van der Waals surface area (Å²) in [6, 6.07) is 11.3. The van der Waals surface area contributed by atoms with Gasteiger partial charge in [0, 0.05) is 5.02 Å². The average Bonchev–Trinajstić information content (AvgIpc) is 2.53. The number of rotatable bonds is 6. The van der Waals surface area contributed by atoms with Crippen LogP contribution in [0.25, 0.3) is 0 Å². The molecule has 1 amide bonds. The van der Waals surface area contributed by atoms with E-state index in [4.69, 9.17) is 16.3 Å². The Labute approximate surface area is 146 Å². The number of methoxy groups -OCH3 is 1. The van der Waals surface area contributed by atoms with Crippen LogP contribution in [0.15, 0.2) is 42.5 Å². The van der Waals surface area contributed by atoms with Crippen LogP contribution in [-0.2, 0) is 0 Å². The van der Waals surface area contributed by atoms with Crippen molar-refractivity contribution in [3.63, 3.8) is 0 Å². The minimum Gasteiger partial charge on any atom is -0.497 e. The second-order valence-corrected chi connectivity index (χ2v) is 6.49. The van der Waals surface area contributed by atoms with Crippen LogP contribution in [0.1, 0.15) is 42.2 Å². The number of ether oxygens (including phenoxy) is 1. The number of hydrogen-bond donors (Lipinski definition) is 1. The molecule has 1 unspecified atom stereocenters. The molecule has 0 aliphatic rings. The molecule has 128 valence electrons. The highest BCUT2D eigenvalue weighted by atomic mass is 35.5. The molecule has 2 rings (SSSR count). The van der Waals surface area contributed by atoms with Gasteiger partial charge < -0.3 is 10.1 Å². The van der Waals surface area contributed by atoms with Crippen molar-refractivity contribution in [2.45, 2.75) is 26.3 Å². The highest BCUT2D eigenvalue weighted by Gasteiger charge is 2.19. The van der Waals surface area contributed by atoms with Gasteiger partial charge in [0.2, 0.25) is 0 Å². The molecule has 24 heavy (non-hydrogen) atoms. The molecule has 0 bridgehead atoms. The Balaban J connectivity index is 2.22. The van der Waals surface area contributed by atoms with Gasteiger partial charge in [-0.1, -0.05) is 37.6 Å². The lowest BCUT2D eigenvalue weighted by Crippen LogP contribution is -2.30. The van der Waals surface area contributed by atoms with Crippen molar-refractivity contribution in [1.82, 2.24) is 5.32 Å². The van der Waals surface area contributed by atoms with Gasteiger partial charge in [0.25, 0.3) is 5.91 Å². The summed E-state index contributed by atoms with van der Waals surface area (Å²) >= 11 is 5.74. The molecule has 1 N–H and O–H groups in total. The number of benzene rings is 2. The van der Waals surface area contributed by atoms with Gasteiger partial charge in [0.1, 0.15) is 11.6 Å². The molecule has 2 aromatic carbocycles. The van der Waals surface area contributed by atoms with Crippen molar-refractivity contribution in [3.05, 3.63) is 64.4 Å². The summed E-state index contributed by atoms with van der Waals surface area (Å²) in [5, 5.41) is 3.18. The molecular weight excluding hydrogens is 329 g/mol. The molecule has 0 spiro atoms. The van der Waals surface area contributed by atoms with E-state index in [2.05, 4.69) is 19.2 Å². The third kappa shape index (κ3) is 4.71. The standard InChI is InChI=1S/C19H21ClFNO2/c1-12(2)10-18(13-4-7-15(24-3)8-5-13)22-19(23)16-9-6-14(20)11-17(16)21/h4-9,11-12,18H,10H2,1-3H3,(H,22,23). The molecule has 0 saturated heterocycles. The van der Waals surface area contributed by atoms with Crippen molar-refractivity contribution in [2.75, 3.05) is 7.11 Å². The van der Waals surface area contributed by atoms with Crippen molar-refractivity contribution in [2.24, 2.45) is 5.92 Å². The van der Waals surface area contributed by atoms with Crippen LogP contribution in [0, 0.1) is 11.7 Å². The minimum absolute atomic E-state index is 0.0123. The Morgan fingerprint density at radius 3 is 2.42 bits per heavy atom. The SMILES string of the molecule is COc1ccc(C(CC(C)C)NC(=O)c2ccc(Cl)cc2F)cc1. The van der Waals surface area contributed by atoms with Gasteiger partial charge in [-0.2, -0.15) is 0 Å². The number of carbonyl (C=O) groups is 1. The Morgan fingerprint density at radius 2 is 1.88 bits per heavy atom. The first-order valence-electron chi connectivity index (χ1n) is 7.80. The fourth-order valence-electron chi connectivity index (χ4n) is 2.50. The molecule has 3 nitrogen and oxygen atoms in total. The zero-order valence-electron chi connectivity index (χ0n) is 14.0. The fraction of sp³-hybridized carbons (Fsp3) is 0.316. The number of carbonyl (C=O) groups excluding carboxylic acids is 1. The summed E-state index contributed by atoms with van der Waals surface area (Å²) < 4.78 is 19.1. The fourth-order valence-corrected chi connectivity index (χ4v) is 2.65. The van der Waals surface area contributed by atoms with E-state index in [1.807, 2.05) is 24.3 Å². The van der Waals surface area contributed by atoms with Crippen LogP contribution >= 0.6 is 11.6 Å². The number of amides is 1. The lowest BCUT2D eigenvalue weighted by molar-refractivity contribution is 0.0928. The van der Waals surface area contributed by atoms with E-state index in [0.717, 1.165) is 23.8 Å². The summed E-state index contributed by atoms with van der Waals surface area (Å²) in [5.74, 6) is 0.0354. The molecule has 0 aliphatic heterocycles. The Hall–Kier alpha value is -2.07. The smallest absolute Gasteiger partial charge is 0.254 e. The van der Waals surface area contributed by atoms with Crippen LogP contribution in [0.2, 0.25) is 5.02 Å². The largest absolute Gasteiger partial charge is 0.497 e. The Kier molecular flexibility index (Phi) is 6.21. The van der Waals surface area contributed by atoms with Gasteiger partial charge in [-0.3, -0.25) is 4.79 Å². The first kappa shape index (κ1) is 18.3.